The Morgan fingerprint density at radius 1 is 1.44 bits per heavy atom. The van der Waals surface area contributed by atoms with Crippen molar-refractivity contribution < 1.29 is 4.79 Å². The Kier molecular flexibility index (Phi) is 4.83. The van der Waals surface area contributed by atoms with Crippen LogP contribution in [0.5, 0.6) is 0 Å². The second kappa shape index (κ2) is 5.92. The first-order chi connectivity index (χ1) is 7.50. The largest absolute Gasteiger partial charge is 0.398 e. The van der Waals surface area contributed by atoms with Crippen molar-refractivity contribution in [3.05, 3.63) is 23.8 Å². The molecule has 0 saturated heterocycles. The van der Waals surface area contributed by atoms with Gasteiger partial charge in [-0.2, -0.15) is 0 Å². The normalized spacial score (nSPS) is 10.8. The van der Waals surface area contributed by atoms with Gasteiger partial charge in [0.15, 0.2) is 5.78 Å². The van der Waals surface area contributed by atoms with Gasteiger partial charge in [0, 0.05) is 28.4 Å². The van der Waals surface area contributed by atoms with Gasteiger partial charge in [-0.1, -0.05) is 0 Å². The Bertz CT molecular complexity index is 377. The Morgan fingerprint density at radius 2 is 2.12 bits per heavy atom. The summed E-state index contributed by atoms with van der Waals surface area (Å²) in [5.41, 5.74) is 6.99. The molecule has 0 aromatic heterocycles. The summed E-state index contributed by atoms with van der Waals surface area (Å²) in [6.45, 7) is 2.56. The summed E-state index contributed by atoms with van der Waals surface area (Å²) < 4.78 is 0. The lowest BCUT2D eigenvalue weighted by molar-refractivity contribution is 0.101. The molecule has 0 aliphatic heterocycles. The minimum atomic E-state index is 0.0161. The monoisotopic (exact) mass is 238 g/mol. The molecule has 88 valence electrons. The van der Waals surface area contributed by atoms with Crippen LogP contribution < -0.4 is 5.73 Å². The Hall–Kier alpha value is -1.00. The number of nitrogens with zero attached hydrogens (tertiary/aromatic N) is 1. The van der Waals surface area contributed by atoms with Gasteiger partial charge < -0.3 is 10.6 Å². The van der Waals surface area contributed by atoms with Gasteiger partial charge in [-0.05, 0) is 39.2 Å². The number of nitrogens with two attached hydrogens (primary N) is 1. The lowest BCUT2D eigenvalue weighted by atomic mass is 10.1. The quantitative estimate of drug-likeness (QED) is 0.485. The minimum absolute atomic E-state index is 0.0161. The number of anilines is 1. The lowest BCUT2D eigenvalue weighted by Crippen LogP contribution is -2.14. The Balaban J connectivity index is 2.63. The molecule has 0 unspecified atom stereocenters. The molecule has 0 aliphatic rings. The third kappa shape index (κ3) is 3.87. The van der Waals surface area contributed by atoms with Gasteiger partial charge in [0.2, 0.25) is 0 Å². The molecule has 0 fully saturated rings. The minimum Gasteiger partial charge on any atom is -0.398 e. The van der Waals surface area contributed by atoms with E-state index in [0.717, 1.165) is 17.2 Å². The fourth-order valence-corrected chi connectivity index (χ4v) is 2.36. The van der Waals surface area contributed by atoms with Gasteiger partial charge in [-0.25, -0.2) is 0 Å². The third-order valence-corrected chi connectivity index (χ3v) is 3.18. The zero-order valence-corrected chi connectivity index (χ0v) is 10.8. The number of hydrogen-bond acceptors (Lipinski definition) is 4. The number of nitrogen functional groups attached to an aromatic ring is 1. The van der Waals surface area contributed by atoms with E-state index in [2.05, 4.69) is 4.90 Å². The predicted octanol–water partition coefficient (Wildman–Crippen LogP) is 2.13. The standard InChI is InChI=1S/C12H18N2OS/c1-9(15)11-5-4-10(8-12(11)13)16-7-6-14(2)3/h4-5,8H,6-7,13H2,1-3H3. The molecule has 0 atom stereocenters. The van der Waals surface area contributed by atoms with Gasteiger partial charge in [0.25, 0.3) is 0 Å². The molecule has 0 heterocycles. The van der Waals surface area contributed by atoms with Crippen LogP contribution in [0, 0.1) is 0 Å². The molecule has 0 spiro atoms. The SMILES string of the molecule is CC(=O)c1ccc(SCCN(C)C)cc1N. The van der Waals surface area contributed by atoms with E-state index in [0.29, 0.717) is 11.3 Å². The molecule has 1 aromatic rings. The van der Waals surface area contributed by atoms with Gasteiger partial charge in [-0.15, -0.1) is 11.8 Å². The topological polar surface area (TPSA) is 46.3 Å². The van der Waals surface area contributed by atoms with E-state index in [-0.39, 0.29) is 5.78 Å². The number of hydrogen-bond donors (Lipinski definition) is 1. The molecular weight excluding hydrogens is 220 g/mol. The molecule has 1 aromatic carbocycles. The van der Waals surface area contributed by atoms with Crippen LogP contribution in [0.4, 0.5) is 5.69 Å². The van der Waals surface area contributed by atoms with Crippen LogP contribution in [0.25, 0.3) is 0 Å². The van der Waals surface area contributed by atoms with Gasteiger partial charge >= 0.3 is 0 Å². The molecule has 3 nitrogen and oxygen atoms in total. The Labute approximate surface area is 101 Å². The van der Waals surface area contributed by atoms with Crippen LogP contribution in [0.1, 0.15) is 17.3 Å². The zero-order chi connectivity index (χ0) is 12.1. The first-order valence-electron chi connectivity index (χ1n) is 5.18. The number of ketones is 1. The Morgan fingerprint density at radius 3 is 2.62 bits per heavy atom. The van der Waals surface area contributed by atoms with Gasteiger partial charge in [0.1, 0.15) is 0 Å². The molecule has 0 bridgehead atoms. The maximum atomic E-state index is 11.2. The molecule has 16 heavy (non-hydrogen) atoms. The van der Waals surface area contributed by atoms with E-state index < -0.39 is 0 Å². The van der Waals surface area contributed by atoms with Crippen molar-refractivity contribution >= 4 is 23.2 Å². The highest BCUT2D eigenvalue weighted by atomic mass is 32.2. The fraction of sp³-hybridized carbons (Fsp3) is 0.417. The summed E-state index contributed by atoms with van der Waals surface area (Å²) in [4.78, 5) is 14.4. The van der Waals surface area contributed by atoms with Crippen molar-refractivity contribution in [1.82, 2.24) is 4.90 Å². The van der Waals surface area contributed by atoms with E-state index in [1.807, 2.05) is 26.2 Å². The molecule has 0 radical (unpaired) electrons. The lowest BCUT2D eigenvalue weighted by Gasteiger charge is -2.09. The molecule has 0 saturated carbocycles. The van der Waals surface area contributed by atoms with E-state index >= 15 is 0 Å². The van der Waals surface area contributed by atoms with Crippen molar-refractivity contribution in [2.75, 3.05) is 32.1 Å². The van der Waals surface area contributed by atoms with E-state index in [1.165, 1.54) is 6.92 Å². The third-order valence-electron chi connectivity index (χ3n) is 2.21. The zero-order valence-electron chi connectivity index (χ0n) is 9.99. The fourth-order valence-electron chi connectivity index (χ4n) is 1.30. The highest BCUT2D eigenvalue weighted by molar-refractivity contribution is 7.99. The van der Waals surface area contributed by atoms with Crippen LogP contribution in [0.3, 0.4) is 0 Å². The number of rotatable bonds is 5. The second-order valence-electron chi connectivity index (χ2n) is 3.96. The molecule has 2 N–H and O–H groups in total. The molecular formula is C12H18N2OS. The van der Waals surface area contributed by atoms with Crippen LogP contribution in [-0.2, 0) is 0 Å². The summed E-state index contributed by atoms with van der Waals surface area (Å²) >= 11 is 1.75. The second-order valence-corrected chi connectivity index (χ2v) is 5.13. The first-order valence-corrected chi connectivity index (χ1v) is 6.17. The van der Waals surface area contributed by atoms with Gasteiger partial charge in [0.05, 0.1) is 0 Å². The van der Waals surface area contributed by atoms with Crippen molar-refractivity contribution in [2.24, 2.45) is 0 Å². The molecule has 1 rings (SSSR count). The average molecular weight is 238 g/mol. The number of carbonyl (C=O) groups is 1. The van der Waals surface area contributed by atoms with Crippen molar-refractivity contribution in [2.45, 2.75) is 11.8 Å². The van der Waals surface area contributed by atoms with Crippen LogP contribution in [0.2, 0.25) is 0 Å². The van der Waals surface area contributed by atoms with Crippen LogP contribution >= 0.6 is 11.8 Å². The van der Waals surface area contributed by atoms with Crippen molar-refractivity contribution in [1.29, 1.82) is 0 Å². The van der Waals surface area contributed by atoms with Crippen molar-refractivity contribution in [3.8, 4) is 0 Å². The molecule has 0 aliphatic carbocycles. The number of thioether (sulfide) groups is 1. The summed E-state index contributed by atoms with van der Waals surface area (Å²) in [6, 6.07) is 5.63. The van der Waals surface area contributed by atoms with E-state index in [1.54, 1.807) is 17.8 Å². The van der Waals surface area contributed by atoms with Crippen molar-refractivity contribution in [3.63, 3.8) is 0 Å². The first kappa shape index (κ1) is 13.1. The maximum Gasteiger partial charge on any atom is 0.161 e. The summed E-state index contributed by atoms with van der Waals surface area (Å²) in [5, 5.41) is 0. The smallest absolute Gasteiger partial charge is 0.161 e. The summed E-state index contributed by atoms with van der Waals surface area (Å²) in [6.07, 6.45) is 0. The van der Waals surface area contributed by atoms with E-state index in [9.17, 15) is 4.79 Å². The number of carbonyl (C=O) groups excluding carboxylic acids is 1. The highest BCUT2D eigenvalue weighted by Gasteiger charge is 2.05. The number of Topliss-reactive ketones (excluding diaryl/α,β-unsaturated/α-hetero) is 1. The average Bonchev–Trinajstić information content (AvgIpc) is 2.16. The maximum absolute atomic E-state index is 11.2. The molecule has 4 heteroatoms. The predicted molar refractivity (Wildman–Crippen MR) is 70.1 cm³/mol. The number of benzene rings is 1. The molecule has 0 amide bonds. The van der Waals surface area contributed by atoms with Crippen LogP contribution in [-0.4, -0.2) is 37.1 Å². The van der Waals surface area contributed by atoms with Crippen LogP contribution in [0.15, 0.2) is 23.1 Å². The highest BCUT2D eigenvalue weighted by Crippen LogP contribution is 2.23. The summed E-state index contributed by atoms with van der Waals surface area (Å²) in [7, 11) is 4.10. The summed E-state index contributed by atoms with van der Waals surface area (Å²) in [5.74, 6) is 1.04. The van der Waals surface area contributed by atoms with E-state index in [4.69, 9.17) is 5.73 Å². The van der Waals surface area contributed by atoms with Gasteiger partial charge in [-0.3, -0.25) is 4.79 Å².